The zero-order chi connectivity index (χ0) is 13.1. The van der Waals surface area contributed by atoms with Gasteiger partial charge in [-0.3, -0.25) is 0 Å². The fraction of sp³-hybridized carbons (Fsp3) is 0.545. The van der Waals surface area contributed by atoms with E-state index in [4.69, 9.17) is 11.6 Å². The van der Waals surface area contributed by atoms with Crippen molar-refractivity contribution in [2.45, 2.75) is 33.2 Å². The van der Waals surface area contributed by atoms with Gasteiger partial charge in [0.15, 0.2) is 11.6 Å². The molecule has 0 aromatic carbocycles. The molecule has 0 aliphatic carbocycles. The molecule has 0 aliphatic heterocycles. The molecule has 1 aromatic rings. The summed E-state index contributed by atoms with van der Waals surface area (Å²) in [6.07, 6.45) is 2.06. The van der Waals surface area contributed by atoms with Crippen LogP contribution in [0.1, 0.15) is 27.2 Å². The average molecular weight is 260 g/mol. The van der Waals surface area contributed by atoms with E-state index in [0.717, 1.165) is 12.5 Å². The summed E-state index contributed by atoms with van der Waals surface area (Å²) in [5.41, 5.74) is -0.204. The summed E-state index contributed by atoms with van der Waals surface area (Å²) in [6.45, 7) is 5.86. The Morgan fingerprint density at radius 1 is 1.59 bits per heavy atom. The molecule has 1 unspecified atom stereocenters. The third kappa shape index (κ3) is 3.93. The van der Waals surface area contributed by atoms with Gasteiger partial charge in [0, 0.05) is 12.5 Å². The van der Waals surface area contributed by atoms with Crippen LogP contribution in [0, 0.1) is 11.2 Å². The first-order valence-electron chi connectivity index (χ1n) is 5.23. The van der Waals surface area contributed by atoms with Crippen molar-refractivity contribution in [3.05, 3.63) is 17.3 Å². The monoisotopic (exact) mass is 259 g/mol. The number of rotatable bonds is 4. The molecule has 0 aliphatic rings. The van der Waals surface area contributed by atoms with Gasteiger partial charge in [-0.15, -0.1) is 0 Å². The van der Waals surface area contributed by atoms with E-state index in [1.165, 1.54) is 0 Å². The highest BCUT2D eigenvalue weighted by Gasteiger charge is 2.25. The Labute approximate surface area is 105 Å². The number of nitrogens with zero attached hydrogens (tertiary/aromatic N) is 2. The molecule has 94 valence electrons. The first-order valence-corrected chi connectivity index (χ1v) is 5.60. The van der Waals surface area contributed by atoms with Crippen molar-refractivity contribution < 1.29 is 9.18 Å². The van der Waals surface area contributed by atoms with Crippen LogP contribution in [0.15, 0.2) is 6.20 Å². The van der Waals surface area contributed by atoms with Crippen LogP contribution >= 0.6 is 11.6 Å². The van der Waals surface area contributed by atoms with Crippen molar-refractivity contribution in [3.8, 4) is 0 Å². The van der Waals surface area contributed by atoms with E-state index in [0.29, 0.717) is 0 Å². The molecule has 0 amide bonds. The van der Waals surface area contributed by atoms with E-state index in [9.17, 15) is 9.18 Å². The topological polar surface area (TPSA) is 54.9 Å². The second-order valence-corrected chi connectivity index (χ2v) is 5.14. The summed E-state index contributed by atoms with van der Waals surface area (Å²) in [4.78, 5) is 17.9. The second-order valence-electron chi connectivity index (χ2n) is 4.80. The van der Waals surface area contributed by atoms with Crippen LogP contribution in [0.25, 0.3) is 0 Å². The van der Waals surface area contributed by atoms with Gasteiger partial charge in [-0.1, -0.05) is 20.8 Å². The lowest BCUT2D eigenvalue weighted by Crippen LogP contribution is -2.35. The highest BCUT2D eigenvalue weighted by Crippen LogP contribution is 2.25. The Balaban J connectivity index is 2.93. The maximum absolute atomic E-state index is 13.4. The van der Waals surface area contributed by atoms with Crippen LogP contribution in [0.2, 0.25) is 5.28 Å². The summed E-state index contributed by atoms with van der Waals surface area (Å²) in [6, 6.07) is -0.222. The van der Waals surface area contributed by atoms with Crippen molar-refractivity contribution in [1.82, 2.24) is 9.97 Å². The molecule has 17 heavy (non-hydrogen) atoms. The molecule has 0 saturated heterocycles. The Morgan fingerprint density at radius 3 is 2.76 bits per heavy atom. The summed E-state index contributed by atoms with van der Waals surface area (Å²) < 4.78 is 13.4. The molecule has 6 heteroatoms. The number of nitrogens with one attached hydrogen (secondary N) is 1. The van der Waals surface area contributed by atoms with Crippen molar-refractivity contribution in [3.63, 3.8) is 0 Å². The second kappa shape index (κ2) is 5.40. The molecular weight excluding hydrogens is 245 g/mol. The molecule has 1 N–H and O–H groups in total. The summed E-state index contributed by atoms with van der Waals surface area (Å²) in [7, 11) is 0. The normalized spacial score (nSPS) is 13.2. The Morgan fingerprint density at radius 2 is 2.24 bits per heavy atom. The van der Waals surface area contributed by atoms with Crippen LogP contribution in [0.4, 0.5) is 10.2 Å². The van der Waals surface area contributed by atoms with E-state index < -0.39 is 5.82 Å². The fourth-order valence-electron chi connectivity index (χ4n) is 1.34. The lowest BCUT2D eigenvalue weighted by atomic mass is 9.85. The van der Waals surface area contributed by atoms with Crippen molar-refractivity contribution in [1.29, 1.82) is 0 Å². The number of anilines is 1. The van der Waals surface area contributed by atoms with Gasteiger partial charge < -0.3 is 10.1 Å². The van der Waals surface area contributed by atoms with Gasteiger partial charge in [-0.25, -0.2) is 9.37 Å². The van der Waals surface area contributed by atoms with Crippen LogP contribution in [-0.2, 0) is 4.79 Å². The van der Waals surface area contributed by atoms with Crippen LogP contribution < -0.4 is 5.32 Å². The zero-order valence-corrected chi connectivity index (χ0v) is 10.8. The van der Waals surface area contributed by atoms with Crippen molar-refractivity contribution in [2.24, 2.45) is 5.41 Å². The van der Waals surface area contributed by atoms with Gasteiger partial charge in [0.1, 0.15) is 6.29 Å². The standard InChI is InChI=1S/C11H15ClFN3O/c1-11(2,3)8(4-5-17)15-9-7(13)6-14-10(12)16-9/h5-6,8H,4H2,1-3H3,(H,14,15,16). The number of hydrogen-bond donors (Lipinski definition) is 1. The molecule has 1 rings (SSSR count). The van der Waals surface area contributed by atoms with Crippen molar-refractivity contribution >= 4 is 23.7 Å². The average Bonchev–Trinajstić information content (AvgIpc) is 2.21. The Kier molecular flexibility index (Phi) is 4.40. The van der Waals surface area contributed by atoms with Gasteiger partial charge in [-0.05, 0) is 17.0 Å². The van der Waals surface area contributed by atoms with Gasteiger partial charge in [0.25, 0.3) is 0 Å². The minimum atomic E-state index is -0.588. The molecule has 0 fully saturated rings. The number of hydrogen-bond acceptors (Lipinski definition) is 4. The third-order valence-electron chi connectivity index (χ3n) is 2.40. The minimum absolute atomic E-state index is 0.0202. The highest BCUT2D eigenvalue weighted by molar-refractivity contribution is 6.28. The molecule has 1 atom stereocenters. The van der Waals surface area contributed by atoms with Crippen molar-refractivity contribution in [2.75, 3.05) is 5.32 Å². The van der Waals surface area contributed by atoms with E-state index in [1.807, 2.05) is 20.8 Å². The van der Waals surface area contributed by atoms with Crippen LogP contribution in [0.5, 0.6) is 0 Å². The number of aromatic nitrogens is 2. The Bertz CT molecular complexity index is 406. The molecule has 4 nitrogen and oxygen atoms in total. The highest BCUT2D eigenvalue weighted by atomic mass is 35.5. The van der Waals surface area contributed by atoms with E-state index in [2.05, 4.69) is 15.3 Å². The lowest BCUT2D eigenvalue weighted by Gasteiger charge is -2.30. The molecule has 0 spiro atoms. The molecule has 1 heterocycles. The zero-order valence-electron chi connectivity index (χ0n) is 10.00. The molecular formula is C11H15ClFN3O. The van der Waals surface area contributed by atoms with Gasteiger partial charge in [0.2, 0.25) is 5.28 Å². The molecule has 0 radical (unpaired) electrons. The van der Waals surface area contributed by atoms with E-state index in [-0.39, 0.29) is 29.0 Å². The first kappa shape index (κ1) is 13.8. The smallest absolute Gasteiger partial charge is 0.224 e. The quantitative estimate of drug-likeness (QED) is 0.667. The maximum Gasteiger partial charge on any atom is 0.224 e. The summed E-state index contributed by atoms with van der Waals surface area (Å²) in [5.74, 6) is -0.568. The molecule has 0 saturated carbocycles. The number of halogens is 2. The number of carbonyl (C=O) groups excluding carboxylic acids is 1. The predicted octanol–water partition coefficient (Wildman–Crippen LogP) is 2.68. The Hall–Kier alpha value is -1.23. The summed E-state index contributed by atoms with van der Waals surface area (Å²) in [5, 5.41) is 2.85. The maximum atomic E-state index is 13.4. The van der Waals surface area contributed by atoms with E-state index in [1.54, 1.807) is 0 Å². The molecule has 1 aromatic heterocycles. The fourth-order valence-corrected chi connectivity index (χ4v) is 1.47. The minimum Gasteiger partial charge on any atom is -0.364 e. The van der Waals surface area contributed by atoms with Gasteiger partial charge >= 0.3 is 0 Å². The largest absolute Gasteiger partial charge is 0.364 e. The van der Waals surface area contributed by atoms with Crippen LogP contribution in [-0.4, -0.2) is 22.3 Å². The summed E-state index contributed by atoms with van der Waals surface area (Å²) >= 11 is 5.59. The van der Waals surface area contributed by atoms with Crippen LogP contribution in [0.3, 0.4) is 0 Å². The third-order valence-corrected chi connectivity index (χ3v) is 2.59. The number of carbonyl (C=O) groups is 1. The number of aldehydes is 1. The van der Waals surface area contributed by atoms with E-state index >= 15 is 0 Å². The van der Waals surface area contributed by atoms with Gasteiger partial charge in [-0.2, -0.15) is 4.98 Å². The van der Waals surface area contributed by atoms with Gasteiger partial charge in [0.05, 0.1) is 6.20 Å². The molecule has 0 bridgehead atoms. The SMILES string of the molecule is CC(C)(C)C(CC=O)Nc1nc(Cl)ncc1F. The lowest BCUT2D eigenvalue weighted by molar-refractivity contribution is -0.108. The first-order chi connectivity index (χ1) is 7.84. The predicted molar refractivity (Wildman–Crippen MR) is 64.5 cm³/mol.